The first-order valence-corrected chi connectivity index (χ1v) is 10.3. The normalized spacial score (nSPS) is 26.6. The Labute approximate surface area is 167 Å². The molecule has 2 aromatic rings. The van der Waals surface area contributed by atoms with Crippen LogP contribution < -0.4 is 0 Å². The lowest BCUT2D eigenvalue weighted by molar-refractivity contribution is -0.164. The van der Waals surface area contributed by atoms with Crippen molar-refractivity contribution in [3.8, 4) is 0 Å². The molecule has 1 amide bonds. The van der Waals surface area contributed by atoms with Crippen molar-refractivity contribution in [3.63, 3.8) is 0 Å². The summed E-state index contributed by atoms with van der Waals surface area (Å²) in [6.07, 6.45) is -0.0678. The second-order valence-electron chi connectivity index (χ2n) is 7.06. The highest BCUT2D eigenvalue weighted by Gasteiger charge is 2.61. The van der Waals surface area contributed by atoms with Crippen molar-refractivity contribution < 1.29 is 14.3 Å². The van der Waals surface area contributed by atoms with Gasteiger partial charge in [-0.25, -0.2) is 4.79 Å². The first-order chi connectivity index (χ1) is 13.0. The van der Waals surface area contributed by atoms with Crippen LogP contribution in [0, 0.1) is 0 Å². The minimum Gasteiger partial charge on any atom is -0.451 e. The van der Waals surface area contributed by atoms with Gasteiger partial charge in [-0.05, 0) is 18.1 Å². The van der Waals surface area contributed by atoms with Crippen molar-refractivity contribution in [2.75, 3.05) is 5.88 Å². The molecule has 6 heteroatoms. The van der Waals surface area contributed by atoms with Gasteiger partial charge in [-0.1, -0.05) is 60.7 Å². The number of alkyl halides is 1. The first kappa shape index (κ1) is 18.4. The van der Waals surface area contributed by atoms with Crippen molar-refractivity contribution in [2.24, 2.45) is 0 Å². The Morgan fingerprint density at radius 1 is 1.19 bits per heavy atom. The van der Waals surface area contributed by atoms with E-state index in [1.807, 2.05) is 67.6 Å². The maximum atomic E-state index is 13.2. The van der Waals surface area contributed by atoms with Gasteiger partial charge in [-0.15, -0.1) is 23.4 Å². The third-order valence-electron chi connectivity index (χ3n) is 5.14. The summed E-state index contributed by atoms with van der Waals surface area (Å²) in [7, 11) is 0. The van der Waals surface area contributed by atoms with E-state index in [1.165, 1.54) is 0 Å². The summed E-state index contributed by atoms with van der Waals surface area (Å²) < 4.78 is 5.45. The lowest BCUT2D eigenvalue weighted by Crippen LogP contribution is -2.58. The molecule has 2 fully saturated rings. The average Bonchev–Trinajstić information content (AvgIpc) is 2.95. The number of fused-ring (bicyclic) bond motifs is 1. The highest BCUT2D eigenvalue weighted by Crippen LogP contribution is 2.52. The monoisotopic (exact) mass is 401 g/mol. The molecule has 140 valence electrons. The number of halogens is 1. The van der Waals surface area contributed by atoms with E-state index in [2.05, 4.69) is 0 Å². The van der Waals surface area contributed by atoms with Crippen LogP contribution in [0.15, 0.2) is 60.7 Å². The van der Waals surface area contributed by atoms with Gasteiger partial charge in [0.05, 0.1) is 16.5 Å². The van der Waals surface area contributed by atoms with E-state index in [1.54, 1.807) is 16.7 Å². The number of benzene rings is 2. The summed E-state index contributed by atoms with van der Waals surface area (Å²) in [5.74, 6) is -0.142. The van der Waals surface area contributed by atoms with Crippen LogP contribution >= 0.6 is 23.4 Å². The third kappa shape index (κ3) is 3.23. The van der Waals surface area contributed by atoms with E-state index >= 15 is 0 Å². The van der Waals surface area contributed by atoms with Crippen LogP contribution in [-0.4, -0.2) is 38.8 Å². The summed E-state index contributed by atoms with van der Waals surface area (Å²) in [5, 5.41) is 0.0192. The van der Waals surface area contributed by atoms with E-state index in [0.29, 0.717) is 6.42 Å². The Balaban J connectivity index is 1.65. The maximum absolute atomic E-state index is 13.2. The van der Waals surface area contributed by atoms with Crippen LogP contribution in [0.1, 0.15) is 30.6 Å². The molecular formula is C21H20ClNO3S. The highest BCUT2D eigenvalue weighted by molar-refractivity contribution is 8.01. The molecule has 0 N–H and O–H groups in total. The van der Waals surface area contributed by atoms with Crippen molar-refractivity contribution in [2.45, 2.75) is 35.6 Å². The Kier molecular flexibility index (Phi) is 4.91. The van der Waals surface area contributed by atoms with E-state index in [0.717, 1.165) is 11.1 Å². The molecular weight excluding hydrogens is 382 g/mol. The van der Waals surface area contributed by atoms with Crippen molar-refractivity contribution >= 4 is 35.2 Å². The lowest BCUT2D eigenvalue weighted by Gasteiger charge is -2.38. The molecule has 27 heavy (non-hydrogen) atoms. The molecule has 0 bridgehead atoms. The van der Waals surface area contributed by atoms with Crippen LogP contribution in [0.5, 0.6) is 0 Å². The highest BCUT2D eigenvalue weighted by atomic mass is 35.5. The van der Waals surface area contributed by atoms with E-state index < -0.39 is 22.9 Å². The molecule has 2 saturated heterocycles. The second-order valence-corrected chi connectivity index (χ2v) is 9.04. The summed E-state index contributed by atoms with van der Waals surface area (Å²) in [5.41, 5.74) is 1.78. The maximum Gasteiger partial charge on any atom is 0.331 e. The topological polar surface area (TPSA) is 46.6 Å². The number of rotatable bonds is 5. The fourth-order valence-corrected chi connectivity index (χ4v) is 5.65. The number of esters is 1. The van der Waals surface area contributed by atoms with Crippen LogP contribution in [-0.2, 0) is 14.3 Å². The summed E-state index contributed by atoms with van der Waals surface area (Å²) in [4.78, 5) is 27.0. The minimum absolute atomic E-state index is 0.0146. The molecule has 0 saturated carbocycles. The lowest BCUT2D eigenvalue weighted by atomic mass is 9.97. The number of hydrogen-bond acceptors (Lipinski definition) is 4. The molecule has 4 rings (SSSR count). The molecule has 0 aromatic heterocycles. The molecule has 2 aromatic carbocycles. The molecule has 2 heterocycles. The standard InChI is InChI=1S/C21H20ClNO3S/c1-21(13-22)19(23-16(24)12-17(23)27-21)20(25)26-18(14-8-4-2-5-9-14)15-10-6-3-7-11-15/h2-11,17-19H,12-13H2,1H3/t17-,19-,21-/m0/s1. The van der Waals surface area contributed by atoms with E-state index in [-0.39, 0.29) is 17.2 Å². The van der Waals surface area contributed by atoms with Gasteiger partial charge in [0.15, 0.2) is 6.10 Å². The van der Waals surface area contributed by atoms with Crippen molar-refractivity contribution in [1.82, 2.24) is 4.90 Å². The summed E-state index contributed by atoms with van der Waals surface area (Å²) in [6.45, 7) is 1.93. The molecule has 4 nitrogen and oxygen atoms in total. The van der Waals surface area contributed by atoms with Crippen LogP contribution in [0.2, 0.25) is 0 Å². The SMILES string of the molecule is C[C@@]1(CCl)S[C@H]2CC(=O)N2[C@H]1C(=O)OC(c1ccccc1)c1ccccc1. The molecule has 0 radical (unpaired) electrons. The Morgan fingerprint density at radius 2 is 1.74 bits per heavy atom. The number of β-lactam (4-membered cyclic amide) rings is 1. The molecule has 3 atom stereocenters. The zero-order chi connectivity index (χ0) is 19.0. The average molecular weight is 402 g/mol. The number of thioether (sulfide) groups is 1. The Hall–Kier alpha value is -1.98. The Morgan fingerprint density at radius 3 is 2.22 bits per heavy atom. The van der Waals surface area contributed by atoms with Gasteiger partial charge in [0.25, 0.3) is 0 Å². The zero-order valence-corrected chi connectivity index (χ0v) is 16.5. The molecule has 0 spiro atoms. The quantitative estimate of drug-likeness (QED) is 0.431. The van der Waals surface area contributed by atoms with Crippen molar-refractivity contribution in [1.29, 1.82) is 0 Å². The predicted octanol–water partition coefficient (Wildman–Crippen LogP) is 3.99. The molecule has 2 aliphatic rings. The van der Waals surface area contributed by atoms with Gasteiger partial charge >= 0.3 is 5.97 Å². The fraction of sp³-hybridized carbons (Fsp3) is 0.333. The smallest absolute Gasteiger partial charge is 0.331 e. The second kappa shape index (κ2) is 7.21. The predicted molar refractivity (Wildman–Crippen MR) is 107 cm³/mol. The van der Waals surface area contributed by atoms with Gasteiger partial charge in [0, 0.05) is 5.88 Å². The first-order valence-electron chi connectivity index (χ1n) is 8.89. The number of carbonyl (C=O) groups excluding carboxylic acids is 2. The van der Waals surface area contributed by atoms with Gasteiger partial charge in [0.2, 0.25) is 5.91 Å². The number of nitrogens with zero attached hydrogens (tertiary/aromatic N) is 1. The van der Waals surface area contributed by atoms with Gasteiger partial charge in [-0.2, -0.15) is 0 Å². The Bertz CT molecular complexity index is 808. The number of ether oxygens (including phenoxy) is 1. The van der Waals surface area contributed by atoms with Gasteiger partial charge in [0.1, 0.15) is 6.04 Å². The van der Waals surface area contributed by atoms with Crippen LogP contribution in [0.25, 0.3) is 0 Å². The van der Waals surface area contributed by atoms with Gasteiger partial charge < -0.3 is 9.64 Å². The fourth-order valence-electron chi connectivity index (χ4n) is 3.71. The molecule has 2 aliphatic heterocycles. The minimum atomic E-state index is -0.666. The summed E-state index contributed by atoms with van der Waals surface area (Å²) in [6, 6.07) is 18.6. The van der Waals surface area contributed by atoms with E-state index in [4.69, 9.17) is 16.3 Å². The van der Waals surface area contributed by atoms with Crippen LogP contribution in [0.4, 0.5) is 0 Å². The number of carbonyl (C=O) groups is 2. The summed E-state index contributed by atoms with van der Waals surface area (Å²) >= 11 is 7.79. The molecule has 0 aliphatic carbocycles. The zero-order valence-electron chi connectivity index (χ0n) is 14.9. The largest absolute Gasteiger partial charge is 0.451 e. The molecule has 0 unspecified atom stereocenters. The third-order valence-corrected chi connectivity index (χ3v) is 7.42. The number of hydrogen-bond donors (Lipinski definition) is 0. The number of amides is 1. The van der Waals surface area contributed by atoms with Crippen molar-refractivity contribution in [3.05, 3.63) is 71.8 Å². The van der Waals surface area contributed by atoms with Gasteiger partial charge in [-0.3, -0.25) is 4.79 Å². The van der Waals surface area contributed by atoms with E-state index in [9.17, 15) is 9.59 Å². The van der Waals surface area contributed by atoms with Crippen LogP contribution in [0.3, 0.4) is 0 Å².